The molecule has 2 amide bonds. The predicted octanol–water partition coefficient (Wildman–Crippen LogP) is 1.88. The van der Waals surface area contributed by atoms with Crippen LogP contribution < -0.4 is 10.6 Å². The Bertz CT molecular complexity index is 734. The van der Waals surface area contributed by atoms with Gasteiger partial charge in [0.25, 0.3) is 0 Å². The molecule has 0 aromatic heterocycles. The van der Waals surface area contributed by atoms with E-state index in [0.717, 1.165) is 69.1 Å². The minimum absolute atomic E-state index is 0.245. The van der Waals surface area contributed by atoms with E-state index in [0.29, 0.717) is 25.9 Å². The zero-order valence-electron chi connectivity index (χ0n) is 17.5. The van der Waals surface area contributed by atoms with Crippen LogP contribution in [0.3, 0.4) is 0 Å². The van der Waals surface area contributed by atoms with Gasteiger partial charge in [-0.2, -0.15) is 0 Å². The minimum Gasteiger partial charge on any atom is -0.357 e. The Kier molecular flexibility index (Phi) is 7.90. The van der Waals surface area contributed by atoms with Crippen molar-refractivity contribution < 1.29 is 9.59 Å². The Labute approximate surface area is 173 Å². The molecule has 7 heteroatoms. The third-order valence-corrected chi connectivity index (χ3v) is 5.47. The quantitative estimate of drug-likeness (QED) is 0.378. The summed E-state index contributed by atoms with van der Waals surface area (Å²) in [4.78, 5) is 32.3. The van der Waals surface area contributed by atoms with Crippen LogP contribution >= 0.6 is 0 Å². The van der Waals surface area contributed by atoms with E-state index in [2.05, 4.69) is 22.8 Å². The fourth-order valence-electron chi connectivity index (χ4n) is 3.87. The highest BCUT2D eigenvalue weighted by molar-refractivity contribution is 5.80. The molecule has 2 saturated heterocycles. The van der Waals surface area contributed by atoms with Crippen LogP contribution in [0.2, 0.25) is 0 Å². The number of hydrogen-bond donors (Lipinski definition) is 2. The number of nitrogens with zero attached hydrogens (tertiary/aromatic N) is 3. The normalized spacial score (nSPS) is 17.3. The lowest BCUT2D eigenvalue weighted by Crippen LogP contribution is -2.39. The van der Waals surface area contributed by atoms with E-state index in [1.54, 1.807) is 0 Å². The third-order valence-electron chi connectivity index (χ3n) is 5.47. The molecule has 0 aliphatic carbocycles. The molecule has 2 aliphatic heterocycles. The van der Waals surface area contributed by atoms with Gasteiger partial charge in [0, 0.05) is 52.1 Å². The second-order valence-corrected chi connectivity index (χ2v) is 7.65. The summed E-state index contributed by atoms with van der Waals surface area (Å²) in [5.41, 5.74) is 2.31. The summed E-state index contributed by atoms with van der Waals surface area (Å²) >= 11 is 0. The summed E-state index contributed by atoms with van der Waals surface area (Å²) in [7, 11) is 0. The first kappa shape index (κ1) is 21.1. The molecule has 0 radical (unpaired) electrons. The molecule has 1 aromatic rings. The minimum atomic E-state index is 0.245. The van der Waals surface area contributed by atoms with E-state index in [9.17, 15) is 9.59 Å². The number of benzene rings is 1. The fourth-order valence-corrected chi connectivity index (χ4v) is 3.87. The molecule has 0 unspecified atom stereocenters. The third kappa shape index (κ3) is 6.21. The van der Waals surface area contributed by atoms with Crippen LogP contribution in [0.1, 0.15) is 50.2 Å². The largest absolute Gasteiger partial charge is 0.357 e. The van der Waals surface area contributed by atoms with Crippen molar-refractivity contribution in [3.8, 4) is 0 Å². The monoisotopic (exact) mass is 399 g/mol. The van der Waals surface area contributed by atoms with Gasteiger partial charge in [-0.05, 0) is 37.3 Å². The molecular formula is C22H33N5O2. The molecule has 0 bridgehead atoms. The summed E-state index contributed by atoms with van der Waals surface area (Å²) in [6.45, 7) is 7.39. The summed E-state index contributed by atoms with van der Waals surface area (Å²) in [5, 5.41) is 6.65. The van der Waals surface area contributed by atoms with Gasteiger partial charge in [-0.25, -0.2) is 4.99 Å². The van der Waals surface area contributed by atoms with Crippen molar-refractivity contribution in [1.82, 2.24) is 20.4 Å². The molecule has 2 aliphatic rings. The molecule has 0 saturated carbocycles. The Morgan fingerprint density at radius 3 is 2.34 bits per heavy atom. The van der Waals surface area contributed by atoms with Crippen molar-refractivity contribution in [2.45, 2.75) is 52.1 Å². The van der Waals surface area contributed by atoms with E-state index >= 15 is 0 Å². The van der Waals surface area contributed by atoms with Crippen LogP contribution in [0, 0.1) is 0 Å². The van der Waals surface area contributed by atoms with Gasteiger partial charge in [0.15, 0.2) is 5.96 Å². The van der Waals surface area contributed by atoms with Gasteiger partial charge in [-0.15, -0.1) is 0 Å². The Morgan fingerprint density at radius 2 is 1.69 bits per heavy atom. The molecular weight excluding hydrogens is 366 g/mol. The number of amides is 2. The zero-order chi connectivity index (χ0) is 20.5. The number of carbonyl (C=O) groups is 2. The highest BCUT2D eigenvalue weighted by Crippen LogP contribution is 2.17. The van der Waals surface area contributed by atoms with Gasteiger partial charge in [-0.1, -0.05) is 24.3 Å². The number of rotatable bonds is 9. The maximum Gasteiger partial charge on any atom is 0.222 e. The summed E-state index contributed by atoms with van der Waals surface area (Å²) in [5.74, 6) is 1.31. The van der Waals surface area contributed by atoms with Crippen molar-refractivity contribution in [2.24, 2.45) is 4.99 Å². The van der Waals surface area contributed by atoms with E-state index in [4.69, 9.17) is 4.99 Å². The molecule has 0 spiro atoms. The number of nitrogens with one attached hydrogen (secondary N) is 2. The molecule has 2 N–H and O–H groups in total. The number of hydrogen-bond acceptors (Lipinski definition) is 3. The van der Waals surface area contributed by atoms with Crippen molar-refractivity contribution in [1.29, 1.82) is 0 Å². The summed E-state index contributed by atoms with van der Waals surface area (Å²) in [6, 6.07) is 8.21. The lowest BCUT2D eigenvalue weighted by Gasteiger charge is -2.18. The number of aliphatic imine (C=N–C) groups is 1. The van der Waals surface area contributed by atoms with Crippen LogP contribution in [0.15, 0.2) is 29.3 Å². The first-order valence-electron chi connectivity index (χ1n) is 10.8. The van der Waals surface area contributed by atoms with Crippen molar-refractivity contribution >= 4 is 17.8 Å². The maximum absolute atomic E-state index is 12.0. The van der Waals surface area contributed by atoms with Crippen LogP contribution in [0.4, 0.5) is 0 Å². The van der Waals surface area contributed by atoms with Crippen LogP contribution in [-0.2, 0) is 22.7 Å². The average molecular weight is 400 g/mol. The lowest BCUT2D eigenvalue weighted by molar-refractivity contribution is -0.128. The highest BCUT2D eigenvalue weighted by atomic mass is 16.2. The van der Waals surface area contributed by atoms with Crippen molar-refractivity contribution in [3.05, 3.63) is 35.4 Å². The average Bonchev–Trinajstić information content (AvgIpc) is 3.32. The Morgan fingerprint density at radius 1 is 1.00 bits per heavy atom. The van der Waals surface area contributed by atoms with Gasteiger partial charge in [0.1, 0.15) is 0 Å². The fraction of sp³-hybridized carbons (Fsp3) is 0.591. The highest BCUT2D eigenvalue weighted by Gasteiger charge is 2.21. The molecule has 7 nitrogen and oxygen atoms in total. The molecule has 3 rings (SSSR count). The Hall–Kier alpha value is -2.57. The maximum atomic E-state index is 12.0. The molecule has 29 heavy (non-hydrogen) atoms. The van der Waals surface area contributed by atoms with Gasteiger partial charge in [-0.3, -0.25) is 9.59 Å². The van der Waals surface area contributed by atoms with Crippen LogP contribution in [-0.4, -0.2) is 60.3 Å². The SMILES string of the molecule is CCNC(=NCc1ccccc1CN1CCCC1=O)NCCCN1CCCC1=O. The predicted molar refractivity (Wildman–Crippen MR) is 114 cm³/mol. The first-order chi connectivity index (χ1) is 14.2. The molecule has 2 fully saturated rings. The van der Waals surface area contributed by atoms with Gasteiger partial charge in [0.05, 0.1) is 6.54 Å². The van der Waals surface area contributed by atoms with Crippen molar-refractivity contribution in [3.63, 3.8) is 0 Å². The molecule has 0 atom stereocenters. The van der Waals surface area contributed by atoms with E-state index in [1.807, 2.05) is 28.9 Å². The summed E-state index contributed by atoms with van der Waals surface area (Å²) < 4.78 is 0. The second kappa shape index (κ2) is 10.8. The summed E-state index contributed by atoms with van der Waals surface area (Å²) in [6.07, 6.45) is 4.21. The molecule has 158 valence electrons. The standard InChI is InChI=1S/C22H33N5O2/c1-2-23-22(24-12-7-15-26-13-5-10-20(26)28)25-16-18-8-3-4-9-19(18)17-27-14-6-11-21(27)29/h3-4,8-9H,2,5-7,10-17H2,1H3,(H2,23,24,25). The topological polar surface area (TPSA) is 77.0 Å². The Balaban J connectivity index is 1.52. The van der Waals surface area contributed by atoms with Crippen molar-refractivity contribution in [2.75, 3.05) is 32.7 Å². The van der Waals surface area contributed by atoms with Gasteiger partial charge in [0.2, 0.25) is 11.8 Å². The lowest BCUT2D eigenvalue weighted by atomic mass is 10.1. The van der Waals surface area contributed by atoms with Crippen LogP contribution in [0.5, 0.6) is 0 Å². The molecule has 2 heterocycles. The number of guanidine groups is 1. The zero-order valence-corrected chi connectivity index (χ0v) is 17.5. The smallest absolute Gasteiger partial charge is 0.222 e. The van der Waals surface area contributed by atoms with E-state index in [1.165, 1.54) is 0 Å². The van der Waals surface area contributed by atoms with E-state index < -0.39 is 0 Å². The number of likely N-dealkylation sites (tertiary alicyclic amines) is 2. The molecule has 1 aromatic carbocycles. The van der Waals surface area contributed by atoms with Gasteiger partial charge >= 0.3 is 0 Å². The number of carbonyl (C=O) groups excluding carboxylic acids is 2. The van der Waals surface area contributed by atoms with Crippen LogP contribution in [0.25, 0.3) is 0 Å². The first-order valence-corrected chi connectivity index (χ1v) is 10.8. The van der Waals surface area contributed by atoms with E-state index in [-0.39, 0.29) is 11.8 Å². The van der Waals surface area contributed by atoms with Gasteiger partial charge < -0.3 is 20.4 Å². The second-order valence-electron chi connectivity index (χ2n) is 7.65.